The van der Waals surface area contributed by atoms with E-state index in [0.29, 0.717) is 4.90 Å². The first-order valence-corrected chi connectivity index (χ1v) is 11.4. The van der Waals surface area contributed by atoms with Crippen molar-refractivity contribution in [2.45, 2.75) is 0 Å². The highest BCUT2D eigenvalue weighted by Gasteiger charge is 2.28. The molecule has 1 N–H and O–H groups in total. The zero-order valence-corrected chi connectivity index (χ0v) is 15.1. The van der Waals surface area contributed by atoms with E-state index in [9.17, 15) is 26.4 Å². The third-order valence-electron chi connectivity index (χ3n) is 4.20. The van der Waals surface area contributed by atoms with Crippen LogP contribution in [0.15, 0.2) is 0 Å². The average molecular weight is 381 g/mol. The molecule has 0 saturated carbocycles. The number of rotatable bonds is 4. The van der Waals surface area contributed by atoms with E-state index in [-0.39, 0.29) is 74.1 Å². The highest BCUT2D eigenvalue weighted by atomic mass is 32.2. The van der Waals surface area contributed by atoms with Gasteiger partial charge in [-0.3, -0.25) is 9.59 Å². The molecule has 0 bridgehead atoms. The lowest BCUT2D eigenvalue weighted by Gasteiger charge is -2.31. The van der Waals surface area contributed by atoms with Gasteiger partial charge in [0.05, 0.1) is 23.0 Å². The van der Waals surface area contributed by atoms with Gasteiger partial charge in [0, 0.05) is 26.2 Å². The molecule has 0 unspecified atom stereocenters. The van der Waals surface area contributed by atoms with Gasteiger partial charge >= 0.3 is 0 Å². The number of carbonyl (C=O) groups excluding carboxylic acids is 2. The van der Waals surface area contributed by atoms with E-state index < -0.39 is 19.7 Å². The maximum Gasteiger partial charge on any atom is 0.275 e. The number of amides is 2. The topological polar surface area (TPSA) is 113 Å². The third-order valence-corrected chi connectivity index (χ3v) is 7.42. The number of hydrogen-bond donors (Lipinski definition) is 1. The number of carbonyl (C=O) groups is 2. The summed E-state index contributed by atoms with van der Waals surface area (Å²) in [6, 6.07) is 0. The Balaban J connectivity index is 1.77. The molecule has 0 aliphatic carbocycles. The molecular formula is C13H23N3O6S2. The van der Waals surface area contributed by atoms with E-state index in [1.165, 1.54) is 9.80 Å². The number of quaternary nitrogens is 1. The monoisotopic (exact) mass is 381 g/mol. The Morgan fingerprint density at radius 2 is 1.04 bits per heavy atom. The lowest BCUT2D eigenvalue weighted by Crippen LogP contribution is -3.09. The molecule has 0 radical (unpaired) electrons. The normalized spacial score (nSPS) is 23.2. The molecule has 2 fully saturated rings. The van der Waals surface area contributed by atoms with E-state index in [4.69, 9.17) is 0 Å². The summed E-state index contributed by atoms with van der Waals surface area (Å²) in [5.74, 6) is -0.606. The van der Waals surface area contributed by atoms with Crippen LogP contribution in [0.3, 0.4) is 0 Å². The summed E-state index contributed by atoms with van der Waals surface area (Å²) in [6.45, 7) is 0.688. The van der Waals surface area contributed by atoms with Gasteiger partial charge in [-0.05, 0) is 0 Å². The minimum Gasteiger partial charge on any atom is -0.452 e. The maximum absolute atomic E-state index is 12.1. The van der Waals surface area contributed by atoms with Crippen molar-refractivity contribution in [1.82, 2.24) is 9.80 Å². The largest absolute Gasteiger partial charge is 0.452 e. The fourth-order valence-corrected chi connectivity index (χ4v) is 5.04. The first kappa shape index (κ1) is 19.1. The van der Waals surface area contributed by atoms with Crippen molar-refractivity contribution in [3.63, 3.8) is 0 Å². The molecule has 2 amide bonds. The molecule has 24 heavy (non-hydrogen) atoms. The molecule has 2 rings (SSSR count). The van der Waals surface area contributed by atoms with Gasteiger partial charge in [0.15, 0.2) is 19.7 Å². The second kappa shape index (κ2) is 7.36. The molecule has 0 spiro atoms. The number of nitrogens with zero attached hydrogens (tertiary/aromatic N) is 2. The predicted octanol–water partition coefficient (Wildman–Crippen LogP) is -3.82. The van der Waals surface area contributed by atoms with Crippen molar-refractivity contribution >= 4 is 31.5 Å². The van der Waals surface area contributed by atoms with Crippen molar-refractivity contribution in [2.24, 2.45) is 0 Å². The quantitative estimate of drug-likeness (QED) is 0.499. The molecule has 0 aromatic carbocycles. The second-order valence-electron chi connectivity index (χ2n) is 6.17. The Morgan fingerprint density at radius 3 is 1.33 bits per heavy atom. The lowest BCUT2D eigenvalue weighted by molar-refractivity contribution is -0.836. The summed E-state index contributed by atoms with van der Waals surface area (Å²) in [4.78, 5) is 27.7. The van der Waals surface area contributed by atoms with Crippen LogP contribution in [0.5, 0.6) is 0 Å². The molecule has 2 aliphatic rings. The van der Waals surface area contributed by atoms with Crippen molar-refractivity contribution < 1.29 is 31.3 Å². The van der Waals surface area contributed by atoms with Crippen LogP contribution in [0.4, 0.5) is 0 Å². The van der Waals surface area contributed by atoms with Crippen molar-refractivity contribution in [1.29, 1.82) is 0 Å². The van der Waals surface area contributed by atoms with E-state index >= 15 is 0 Å². The Bertz CT molecular complexity index is 615. The molecule has 138 valence electrons. The minimum absolute atomic E-state index is 0.00206. The number of nitrogens with one attached hydrogen (secondary N) is 1. The highest BCUT2D eigenvalue weighted by molar-refractivity contribution is 7.91. The summed E-state index contributed by atoms with van der Waals surface area (Å²) in [5.41, 5.74) is 0. The van der Waals surface area contributed by atoms with Crippen LogP contribution in [0, 0.1) is 7.05 Å². The van der Waals surface area contributed by atoms with Crippen LogP contribution in [-0.2, 0) is 29.3 Å². The van der Waals surface area contributed by atoms with Gasteiger partial charge in [-0.2, -0.15) is 0 Å². The van der Waals surface area contributed by atoms with Crippen molar-refractivity contribution in [3.8, 4) is 0 Å². The zero-order valence-electron chi connectivity index (χ0n) is 13.4. The van der Waals surface area contributed by atoms with Crippen LogP contribution in [0.1, 0.15) is 0 Å². The zero-order chi connectivity index (χ0) is 18.0. The van der Waals surface area contributed by atoms with Gasteiger partial charge in [0.25, 0.3) is 11.8 Å². The summed E-state index contributed by atoms with van der Waals surface area (Å²) in [5, 5.41) is 0. The van der Waals surface area contributed by atoms with Gasteiger partial charge in [0.1, 0.15) is 13.1 Å². The molecule has 0 atom stereocenters. The molecule has 0 aromatic heterocycles. The SMILES string of the molecule is [CH2-][NH+](CC(=O)N1CCS(=O)(=O)CC1)CC(=O)N1CCS(=O)(=O)CC1. The van der Waals surface area contributed by atoms with E-state index in [0.717, 1.165) is 0 Å². The van der Waals surface area contributed by atoms with E-state index in [1.807, 2.05) is 0 Å². The Hall–Kier alpha value is -1.20. The van der Waals surface area contributed by atoms with Crippen LogP contribution in [0.2, 0.25) is 0 Å². The number of sulfone groups is 2. The van der Waals surface area contributed by atoms with Crippen LogP contribution in [0.25, 0.3) is 0 Å². The van der Waals surface area contributed by atoms with Crippen LogP contribution in [-0.4, -0.2) is 101 Å². The molecule has 2 heterocycles. The van der Waals surface area contributed by atoms with Gasteiger partial charge in [0.2, 0.25) is 0 Å². The first-order valence-electron chi connectivity index (χ1n) is 7.71. The molecular weight excluding hydrogens is 358 g/mol. The van der Waals surface area contributed by atoms with Crippen molar-refractivity contribution in [2.75, 3.05) is 62.3 Å². The van der Waals surface area contributed by atoms with Gasteiger partial charge in [-0.15, -0.1) is 7.05 Å². The van der Waals surface area contributed by atoms with Gasteiger partial charge in [-0.25, -0.2) is 16.8 Å². The first-order chi connectivity index (χ1) is 11.1. The highest BCUT2D eigenvalue weighted by Crippen LogP contribution is 2.04. The summed E-state index contributed by atoms with van der Waals surface area (Å²) in [7, 11) is -2.34. The summed E-state index contributed by atoms with van der Waals surface area (Å²) >= 11 is 0. The molecule has 0 aromatic rings. The Kier molecular flexibility index (Phi) is 5.87. The smallest absolute Gasteiger partial charge is 0.275 e. The van der Waals surface area contributed by atoms with E-state index in [1.54, 1.807) is 0 Å². The molecule has 9 nitrogen and oxygen atoms in total. The second-order valence-corrected chi connectivity index (χ2v) is 10.8. The van der Waals surface area contributed by atoms with Crippen LogP contribution < -0.4 is 4.90 Å². The van der Waals surface area contributed by atoms with Gasteiger partial charge in [-0.1, -0.05) is 0 Å². The summed E-state index contributed by atoms with van der Waals surface area (Å²) < 4.78 is 45.4. The fraction of sp³-hybridized carbons (Fsp3) is 0.769. The molecule has 2 aliphatic heterocycles. The Morgan fingerprint density at radius 1 is 0.750 bits per heavy atom. The third kappa shape index (κ3) is 5.42. The molecule has 11 heteroatoms. The summed E-state index contributed by atoms with van der Waals surface area (Å²) in [6.07, 6.45) is 0. The fourth-order valence-electron chi connectivity index (χ4n) is 2.64. The standard InChI is InChI=1S/C13H23N3O6S2/c1-14(10-12(17)15-2-6-23(19,20)7-3-15)11-13(18)16-4-8-24(21,22)9-5-16/h14H,1-11H2. The molecule has 2 saturated heterocycles. The van der Waals surface area contributed by atoms with Crippen LogP contribution >= 0.6 is 0 Å². The van der Waals surface area contributed by atoms with Crippen molar-refractivity contribution in [3.05, 3.63) is 7.05 Å². The number of hydrogen-bond acceptors (Lipinski definition) is 6. The minimum atomic E-state index is -3.05. The predicted molar refractivity (Wildman–Crippen MR) is 86.5 cm³/mol. The average Bonchev–Trinajstić information content (AvgIpc) is 2.46. The Labute approximate surface area is 142 Å². The van der Waals surface area contributed by atoms with Gasteiger partial charge < -0.3 is 14.7 Å². The lowest BCUT2D eigenvalue weighted by atomic mass is 10.3. The maximum atomic E-state index is 12.1. The van der Waals surface area contributed by atoms with E-state index in [2.05, 4.69) is 7.05 Å².